The second kappa shape index (κ2) is 8.61. The third-order valence-electron chi connectivity index (χ3n) is 5.91. The molecule has 1 fully saturated rings. The Hall–Kier alpha value is -3.03. The van der Waals surface area contributed by atoms with Crippen molar-refractivity contribution in [2.24, 2.45) is 0 Å². The minimum atomic E-state index is -0.929. The molecule has 0 saturated carbocycles. The number of ketones is 1. The number of rotatable bonds is 6. The van der Waals surface area contributed by atoms with Crippen molar-refractivity contribution < 1.29 is 14.7 Å². The van der Waals surface area contributed by atoms with Crippen molar-refractivity contribution in [2.75, 3.05) is 19.6 Å². The van der Waals surface area contributed by atoms with Gasteiger partial charge in [-0.2, -0.15) is 0 Å². The predicted octanol–water partition coefficient (Wildman–Crippen LogP) is 3.15. The summed E-state index contributed by atoms with van der Waals surface area (Å²) >= 11 is 0. The summed E-state index contributed by atoms with van der Waals surface area (Å²) in [6, 6.07) is 11.6. The summed E-state index contributed by atoms with van der Waals surface area (Å²) in [5, 5.41) is 13.4. The average molecular weight is 421 g/mol. The first-order valence-electron chi connectivity index (χ1n) is 10.7. The summed E-state index contributed by atoms with van der Waals surface area (Å²) in [4.78, 5) is 30.6. The Morgan fingerprint density at radius 3 is 2.58 bits per heavy atom. The molecule has 162 valence electrons. The number of benzene rings is 2. The van der Waals surface area contributed by atoms with Gasteiger partial charge in [0, 0.05) is 37.3 Å². The summed E-state index contributed by atoms with van der Waals surface area (Å²) in [7, 11) is 0. The Labute approximate surface area is 181 Å². The van der Waals surface area contributed by atoms with E-state index in [4.69, 9.17) is 0 Å². The van der Waals surface area contributed by atoms with Gasteiger partial charge in [-0.25, -0.2) is 9.78 Å². The van der Waals surface area contributed by atoms with E-state index >= 15 is 0 Å². The molecule has 0 aliphatic carbocycles. The molecule has 2 unspecified atom stereocenters. The number of fused-ring (bicyclic) bond motifs is 1. The van der Waals surface area contributed by atoms with Crippen LogP contribution < -0.4 is 5.32 Å². The average Bonchev–Trinajstić information content (AvgIpc) is 3.14. The fourth-order valence-electron chi connectivity index (χ4n) is 4.58. The summed E-state index contributed by atoms with van der Waals surface area (Å²) in [5.41, 5.74) is 4.09. The fraction of sp³-hybridized carbons (Fsp3) is 0.375. The summed E-state index contributed by atoms with van der Waals surface area (Å²) in [6.45, 7) is 8.55. The zero-order chi connectivity index (χ0) is 22.1. The highest BCUT2D eigenvalue weighted by molar-refractivity contribution is 5.97. The largest absolute Gasteiger partial charge is 0.478 e. The van der Waals surface area contributed by atoms with Crippen molar-refractivity contribution in [3.8, 4) is 5.69 Å². The minimum absolute atomic E-state index is 0.00973. The van der Waals surface area contributed by atoms with Crippen LogP contribution in [0.1, 0.15) is 47.1 Å². The Kier molecular flexibility index (Phi) is 5.89. The Balaban J connectivity index is 1.71. The molecular formula is C24H28N4O3. The summed E-state index contributed by atoms with van der Waals surface area (Å²) < 4.78 is 1.92. The second-order valence-corrected chi connectivity index (χ2v) is 8.46. The number of carboxylic acids is 1. The number of carbonyl (C=O) groups is 2. The van der Waals surface area contributed by atoms with E-state index in [2.05, 4.69) is 29.0 Å². The number of hydrogen-bond donors (Lipinski definition) is 2. The van der Waals surface area contributed by atoms with E-state index in [1.807, 2.05) is 16.7 Å². The maximum Gasteiger partial charge on any atom is 0.336 e. The zero-order valence-corrected chi connectivity index (χ0v) is 18.1. The van der Waals surface area contributed by atoms with Crippen LogP contribution in [0.15, 0.2) is 42.7 Å². The molecule has 1 aliphatic heterocycles. The fourth-order valence-corrected chi connectivity index (χ4v) is 4.58. The zero-order valence-electron chi connectivity index (χ0n) is 18.1. The normalized spacial score (nSPS) is 19.6. The third-order valence-corrected chi connectivity index (χ3v) is 5.91. The molecule has 0 amide bonds. The van der Waals surface area contributed by atoms with E-state index in [-0.39, 0.29) is 5.78 Å². The summed E-state index contributed by atoms with van der Waals surface area (Å²) in [5.74, 6) is -0.938. The maximum atomic E-state index is 12.0. The van der Waals surface area contributed by atoms with Gasteiger partial charge in [0.15, 0.2) is 5.78 Å². The molecule has 7 heteroatoms. The van der Waals surface area contributed by atoms with E-state index < -0.39 is 5.97 Å². The van der Waals surface area contributed by atoms with Crippen LogP contribution in [0, 0.1) is 0 Å². The van der Waals surface area contributed by atoms with Gasteiger partial charge in [0.05, 0.1) is 22.3 Å². The molecule has 3 aromatic rings. The predicted molar refractivity (Wildman–Crippen MR) is 120 cm³/mol. The van der Waals surface area contributed by atoms with Gasteiger partial charge in [-0.3, -0.25) is 14.3 Å². The number of aromatic carboxylic acids is 1. The van der Waals surface area contributed by atoms with Gasteiger partial charge in [0.25, 0.3) is 0 Å². The lowest BCUT2D eigenvalue weighted by molar-refractivity contribution is 0.0695. The first-order valence-corrected chi connectivity index (χ1v) is 10.7. The van der Waals surface area contributed by atoms with E-state index in [9.17, 15) is 14.7 Å². The van der Waals surface area contributed by atoms with Gasteiger partial charge in [-0.05, 0) is 63.1 Å². The first kappa shape index (κ1) is 21.2. The molecule has 4 rings (SSSR count). The molecule has 1 aromatic heterocycles. The van der Waals surface area contributed by atoms with Crippen LogP contribution in [0.25, 0.3) is 16.7 Å². The number of carboxylic acid groups (broad SMARTS) is 1. The van der Waals surface area contributed by atoms with Gasteiger partial charge in [0.1, 0.15) is 6.33 Å². The van der Waals surface area contributed by atoms with Crippen molar-refractivity contribution in [1.29, 1.82) is 0 Å². The topological polar surface area (TPSA) is 87.5 Å². The quantitative estimate of drug-likeness (QED) is 0.596. The number of piperazine rings is 1. The molecule has 2 heterocycles. The lowest BCUT2D eigenvalue weighted by atomic mass is 10.0. The van der Waals surface area contributed by atoms with Crippen LogP contribution in [-0.2, 0) is 6.42 Å². The highest BCUT2D eigenvalue weighted by Gasteiger charge is 2.23. The van der Waals surface area contributed by atoms with Crippen LogP contribution in [-0.4, -0.2) is 63.0 Å². The van der Waals surface area contributed by atoms with E-state index in [0.717, 1.165) is 36.4 Å². The van der Waals surface area contributed by atoms with Crippen LogP contribution >= 0.6 is 0 Å². The highest BCUT2D eigenvalue weighted by atomic mass is 16.4. The van der Waals surface area contributed by atoms with E-state index in [0.29, 0.717) is 35.1 Å². The van der Waals surface area contributed by atoms with Crippen LogP contribution in [0.2, 0.25) is 0 Å². The van der Waals surface area contributed by atoms with Crippen molar-refractivity contribution in [3.05, 3.63) is 59.4 Å². The number of carbonyl (C=O) groups excluding carboxylic acids is 1. The maximum absolute atomic E-state index is 12.0. The lowest BCUT2D eigenvalue weighted by Gasteiger charge is -2.36. The van der Waals surface area contributed by atoms with Gasteiger partial charge in [-0.15, -0.1) is 0 Å². The van der Waals surface area contributed by atoms with Gasteiger partial charge in [-0.1, -0.05) is 6.07 Å². The smallest absolute Gasteiger partial charge is 0.336 e. The van der Waals surface area contributed by atoms with Crippen molar-refractivity contribution >= 4 is 22.8 Å². The van der Waals surface area contributed by atoms with Crippen molar-refractivity contribution in [3.63, 3.8) is 0 Å². The number of aromatic nitrogens is 2. The van der Waals surface area contributed by atoms with Crippen LogP contribution in [0.3, 0.4) is 0 Å². The molecule has 1 aliphatic rings. The van der Waals surface area contributed by atoms with Crippen molar-refractivity contribution in [2.45, 2.75) is 39.3 Å². The number of imidazole rings is 1. The molecular weight excluding hydrogens is 392 g/mol. The molecule has 2 aromatic carbocycles. The molecule has 1 saturated heterocycles. The number of Topliss-reactive ketones (excluding diaryl/α,β-unsaturated/α-hetero) is 1. The third kappa shape index (κ3) is 4.38. The first-order chi connectivity index (χ1) is 14.8. The second-order valence-electron chi connectivity index (χ2n) is 8.46. The Morgan fingerprint density at radius 1 is 1.16 bits per heavy atom. The van der Waals surface area contributed by atoms with Crippen molar-refractivity contribution in [1.82, 2.24) is 19.8 Å². The van der Waals surface area contributed by atoms with Gasteiger partial charge in [0.2, 0.25) is 0 Å². The monoisotopic (exact) mass is 420 g/mol. The molecule has 0 spiro atoms. The number of hydrogen-bond acceptors (Lipinski definition) is 5. The number of nitrogens with one attached hydrogen (secondary N) is 1. The van der Waals surface area contributed by atoms with Crippen LogP contribution in [0.4, 0.5) is 0 Å². The SMILES string of the molecule is CC(=O)c1ccc2c(c1)ncn2-c1cccc(C(=O)O)c1CCN1CC(C)NC(C)C1. The Morgan fingerprint density at radius 2 is 1.90 bits per heavy atom. The highest BCUT2D eigenvalue weighted by Crippen LogP contribution is 2.25. The summed E-state index contributed by atoms with van der Waals surface area (Å²) in [6.07, 6.45) is 2.33. The number of nitrogens with zero attached hydrogens (tertiary/aromatic N) is 3. The molecule has 0 radical (unpaired) electrons. The van der Waals surface area contributed by atoms with E-state index in [1.165, 1.54) is 6.92 Å². The van der Waals surface area contributed by atoms with Crippen LogP contribution in [0.5, 0.6) is 0 Å². The molecule has 2 N–H and O–H groups in total. The van der Waals surface area contributed by atoms with E-state index in [1.54, 1.807) is 30.6 Å². The van der Waals surface area contributed by atoms with Gasteiger partial charge < -0.3 is 10.4 Å². The standard InChI is InChI=1S/C24H28N4O3/c1-15-12-27(13-16(2)26-15)10-9-19-20(24(30)31)5-4-6-22(19)28-14-25-21-11-18(17(3)29)7-8-23(21)28/h4-8,11,14-16,26H,9-10,12-13H2,1-3H3,(H,30,31). The Bertz CT molecular complexity index is 1130. The minimum Gasteiger partial charge on any atom is -0.478 e. The molecule has 2 atom stereocenters. The lowest BCUT2D eigenvalue weighted by Crippen LogP contribution is -2.54. The molecule has 7 nitrogen and oxygen atoms in total. The van der Waals surface area contributed by atoms with Gasteiger partial charge >= 0.3 is 5.97 Å². The molecule has 31 heavy (non-hydrogen) atoms. The molecule has 0 bridgehead atoms.